The van der Waals surface area contributed by atoms with E-state index in [-0.39, 0.29) is 116 Å². The summed E-state index contributed by atoms with van der Waals surface area (Å²) in [5.74, 6) is 0. The molecule has 0 amide bonds. The number of benzene rings is 2. The summed E-state index contributed by atoms with van der Waals surface area (Å²) in [5, 5.41) is 2.62. The van der Waals surface area contributed by atoms with Crippen molar-refractivity contribution in [3.8, 4) is 0 Å². The fourth-order valence-corrected chi connectivity index (χ4v) is 1.13. The average molecular weight is 692 g/mol. The third-order valence-corrected chi connectivity index (χ3v) is 1.66. The first-order chi connectivity index (χ1) is 4.97. The largest absolute Gasteiger partial charge is 0.0616 e. The topological polar surface area (TPSA) is 0 Å². The van der Waals surface area contributed by atoms with E-state index in [1.165, 1.54) is 10.8 Å². The second-order valence-corrected chi connectivity index (χ2v) is 2.35. The second kappa shape index (κ2) is 14.6. The summed E-state index contributed by atoms with van der Waals surface area (Å²) in [6.45, 7) is 0. The Morgan fingerprint density at radius 2 is 0.867 bits per heavy atom. The molecule has 0 fully saturated rings. The van der Waals surface area contributed by atoms with E-state index >= 15 is 0 Å². The summed E-state index contributed by atoms with van der Waals surface area (Å²) in [4.78, 5) is 0. The van der Waals surface area contributed by atoms with E-state index in [1.807, 2.05) is 0 Å². The molecule has 0 aliphatic rings. The third-order valence-electron chi connectivity index (χ3n) is 1.66. The zero-order valence-electron chi connectivity index (χ0n) is 8.86. The third kappa shape index (κ3) is 8.27. The molecule has 0 atom stereocenters. The van der Waals surface area contributed by atoms with Gasteiger partial charge in [0.15, 0.2) is 0 Å². The number of rotatable bonds is 0. The van der Waals surface area contributed by atoms with Gasteiger partial charge in [0.25, 0.3) is 0 Å². The quantitative estimate of drug-likeness (QED) is 0.358. The first kappa shape index (κ1) is 26.2. The molecule has 2 rings (SSSR count). The van der Waals surface area contributed by atoms with E-state index in [2.05, 4.69) is 48.5 Å². The van der Waals surface area contributed by atoms with Crippen LogP contribution in [0, 0.1) is 0 Å². The van der Waals surface area contributed by atoms with Crippen LogP contribution in [-0.4, -0.2) is 51.7 Å². The molecule has 0 aliphatic heterocycles. The molecular weight excluding hydrogens is 679 g/mol. The maximum atomic E-state index is 2.12. The summed E-state index contributed by atoms with van der Waals surface area (Å²) in [6, 6.07) is 16.7. The molecule has 2 aromatic rings. The molecule has 0 saturated carbocycles. The van der Waals surface area contributed by atoms with E-state index in [0.29, 0.717) is 0 Å². The minimum atomic E-state index is 0. The minimum Gasteiger partial charge on any atom is -0.0616 e. The molecule has 72 valence electrons. The maximum absolute atomic E-state index is 2.12. The molecule has 2 aromatic carbocycles. The zero-order chi connectivity index (χ0) is 6.81. The SMILES string of the molecule is [Cd].[Cr].[PbH2].[SbH3].[Zn].c1ccc2ccccc2c1. The summed E-state index contributed by atoms with van der Waals surface area (Å²) in [5.41, 5.74) is 0. The molecular formula is C10H13CdCrPbSbZn. The van der Waals surface area contributed by atoms with Crippen molar-refractivity contribution < 1.29 is 64.1 Å². The predicted molar refractivity (Wildman–Crippen MR) is 62.4 cm³/mol. The van der Waals surface area contributed by atoms with Crippen LogP contribution in [-0.2, 0) is 64.1 Å². The van der Waals surface area contributed by atoms with Crippen molar-refractivity contribution in [2.75, 3.05) is 0 Å². The van der Waals surface area contributed by atoms with Crippen LogP contribution in [0.4, 0.5) is 0 Å². The Morgan fingerprint density at radius 3 is 1.07 bits per heavy atom. The zero-order valence-corrected chi connectivity index (χ0v) is 26.7. The van der Waals surface area contributed by atoms with Crippen molar-refractivity contribution in [1.82, 2.24) is 0 Å². The van der Waals surface area contributed by atoms with Crippen LogP contribution in [0.3, 0.4) is 0 Å². The fraction of sp³-hybridized carbons (Fsp3) is 0. The smallest absolute Gasteiger partial charge is 0 e. The van der Waals surface area contributed by atoms with Gasteiger partial charge in [0, 0.05) is 64.1 Å². The van der Waals surface area contributed by atoms with Crippen molar-refractivity contribution in [2.24, 2.45) is 0 Å². The molecule has 0 aromatic heterocycles. The van der Waals surface area contributed by atoms with Crippen molar-refractivity contribution in [1.29, 1.82) is 0 Å². The van der Waals surface area contributed by atoms with E-state index < -0.39 is 0 Å². The molecule has 0 bridgehead atoms. The van der Waals surface area contributed by atoms with Crippen LogP contribution in [0.25, 0.3) is 10.8 Å². The van der Waals surface area contributed by atoms with Gasteiger partial charge in [-0.05, 0) is 10.8 Å². The van der Waals surface area contributed by atoms with Gasteiger partial charge in [0.05, 0.1) is 0 Å². The van der Waals surface area contributed by atoms with Gasteiger partial charge in [-0.1, -0.05) is 48.5 Å². The maximum Gasteiger partial charge on any atom is 0 e. The van der Waals surface area contributed by atoms with Gasteiger partial charge < -0.3 is 0 Å². The van der Waals surface area contributed by atoms with E-state index in [0.717, 1.165) is 0 Å². The number of fused-ring (bicyclic) bond motifs is 1. The summed E-state index contributed by atoms with van der Waals surface area (Å²) in [7, 11) is 0. The van der Waals surface area contributed by atoms with E-state index in [4.69, 9.17) is 0 Å². The molecule has 2 radical (unpaired) electrons. The Bertz CT molecular complexity index is 296. The molecule has 0 N–H and O–H groups in total. The normalized spacial score (nSPS) is 6.67. The number of hydrogen-bond donors (Lipinski definition) is 0. The monoisotopic (exact) mass is 692 g/mol. The molecule has 15 heavy (non-hydrogen) atoms. The van der Waals surface area contributed by atoms with Crippen LogP contribution in [0.1, 0.15) is 0 Å². The van der Waals surface area contributed by atoms with Gasteiger partial charge in [0.2, 0.25) is 0 Å². The fourth-order valence-electron chi connectivity index (χ4n) is 1.13. The first-order valence-corrected chi connectivity index (χ1v) is 3.40. The van der Waals surface area contributed by atoms with Gasteiger partial charge in [-0.2, -0.15) is 0 Å². The van der Waals surface area contributed by atoms with E-state index in [1.54, 1.807) is 0 Å². The van der Waals surface area contributed by atoms with Gasteiger partial charge in [0.1, 0.15) is 0 Å². The Morgan fingerprint density at radius 1 is 0.667 bits per heavy atom. The van der Waals surface area contributed by atoms with Crippen LogP contribution in [0.2, 0.25) is 0 Å². The Labute approximate surface area is 172 Å². The molecule has 0 aliphatic carbocycles. The molecule has 0 unspecified atom stereocenters. The Hall–Kier alpha value is 2.52. The van der Waals surface area contributed by atoms with Gasteiger partial charge in [-0.3, -0.25) is 0 Å². The van der Waals surface area contributed by atoms with Gasteiger partial charge >= 0.3 is 51.7 Å². The molecule has 0 saturated heterocycles. The summed E-state index contributed by atoms with van der Waals surface area (Å²) < 4.78 is 0. The standard InChI is InChI=1S/C10H8.Cd.Cr.Pb.Sb.Zn.5H/c1-2-6-10-8-4-3-7-9(10)5-1;;;;;;;;;;/h1-8H;;;;;;;;;;. The number of hydrogen-bond acceptors (Lipinski definition) is 0. The molecule has 0 spiro atoms. The van der Waals surface area contributed by atoms with Gasteiger partial charge in [-0.25, -0.2) is 0 Å². The van der Waals surface area contributed by atoms with Crippen molar-refractivity contribution in [3.63, 3.8) is 0 Å². The van der Waals surface area contributed by atoms with Crippen molar-refractivity contribution >= 4 is 62.5 Å². The van der Waals surface area contributed by atoms with Crippen LogP contribution < -0.4 is 0 Å². The predicted octanol–water partition coefficient (Wildman–Crippen LogP) is 0.732. The van der Waals surface area contributed by atoms with Crippen LogP contribution in [0.15, 0.2) is 48.5 Å². The van der Waals surface area contributed by atoms with Crippen molar-refractivity contribution in [2.45, 2.75) is 0 Å². The summed E-state index contributed by atoms with van der Waals surface area (Å²) >= 11 is 0. The Kier molecular flexibility index (Phi) is 25.4. The molecule has 0 nitrogen and oxygen atoms in total. The van der Waals surface area contributed by atoms with Crippen molar-refractivity contribution in [3.05, 3.63) is 48.5 Å². The second-order valence-electron chi connectivity index (χ2n) is 2.35. The van der Waals surface area contributed by atoms with Gasteiger partial charge in [-0.15, -0.1) is 0 Å². The summed E-state index contributed by atoms with van der Waals surface area (Å²) in [6.07, 6.45) is 0. The van der Waals surface area contributed by atoms with Crippen LogP contribution >= 0.6 is 0 Å². The van der Waals surface area contributed by atoms with Crippen LogP contribution in [0.5, 0.6) is 0 Å². The minimum absolute atomic E-state index is 0. The first-order valence-electron chi connectivity index (χ1n) is 3.40. The Balaban J connectivity index is -0.000000121. The average Bonchev–Trinajstić information content (AvgIpc) is 2.05. The molecule has 0 heterocycles. The van der Waals surface area contributed by atoms with E-state index in [9.17, 15) is 0 Å². The molecule has 5 heteroatoms.